The van der Waals surface area contributed by atoms with Gasteiger partial charge in [-0.3, -0.25) is 9.59 Å². The maximum absolute atomic E-state index is 11.9. The Morgan fingerprint density at radius 1 is 1.16 bits per heavy atom. The molecule has 0 unspecified atom stereocenters. The molecule has 0 aromatic rings. The van der Waals surface area contributed by atoms with Crippen molar-refractivity contribution in [1.29, 1.82) is 0 Å². The molecule has 0 aliphatic carbocycles. The molecule has 0 aromatic heterocycles. The van der Waals surface area contributed by atoms with Crippen molar-refractivity contribution in [1.82, 2.24) is 10.6 Å². The molecule has 110 valence electrons. The van der Waals surface area contributed by atoms with Crippen molar-refractivity contribution in [3.8, 4) is 0 Å². The summed E-state index contributed by atoms with van der Waals surface area (Å²) in [7, 11) is 0. The summed E-state index contributed by atoms with van der Waals surface area (Å²) in [5.74, 6) is -2.43. The second-order valence-corrected chi connectivity index (χ2v) is 4.97. The molecule has 5 N–H and O–H groups in total. The summed E-state index contributed by atoms with van der Waals surface area (Å²) in [6, 6.07) is -2.68. The number of amides is 2. The number of carbonyl (C=O) groups is 3. The number of hydrogen-bond acceptors (Lipinski definition) is 5. The monoisotopic (exact) mass is 291 g/mol. The van der Waals surface area contributed by atoms with E-state index in [0.717, 1.165) is 0 Å². The zero-order valence-corrected chi connectivity index (χ0v) is 12.1. The molecule has 0 radical (unpaired) electrons. The predicted molar refractivity (Wildman–Crippen MR) is 73.8 cm³/mol. The Kier molecular flexibility index (Phi) is 7.47. The SMILES string of the molecule is CC(C)[C@H](NC(=O)[C@H](CS)NC(=O)[C@H](C)N)C(=O)O. The smallest absolute Gasteiger partial charge is 0.326 e. The molecule has 0 saturated heterocycles. The number of rotatable bonds is 7. The molecule has 0 aliphatic heterocycles. The van der Waals surface area contributed by atoms with Gasteiger partial charge in [0.15, 0.2) is 0 Å². The van der Waals surface area contributed by atoms with Crippen LogP contribution >= 0.6 is 12.6 Å². The predicted octanol–water partition coefficient (Wildman–Crippen LogP) is -1.03. The molecule has 19 heavy (non-hydrogen) atoms. The first kappa shape index (κ1) is 17.7. The van der Waals surface area contributed by atoms with Crippen LogP contribution in [0.1, 0.15) is 20.8 Å². The minimum absolute atomic E-state index is 0.0503. The first-order valence-electron chi connectivity index (χ1n) is 5.90. The van der Waals surface area contributed by atoms with Crippen LogP contribution in [0.15, 0.2) is 0 Å². The number of carbonyl (C=O) groups excluding carboxylic acids is 2. The van der Waals surface area contributed by atoms with Gasteiger partial charge >= 0.3 is 5.97 Å². The van der Waals surface area contributed by atoms with E-state index in [2.05, 4.69) is 23.3 Å². The van der Waals surface area contributed by atoms with Crippen LogP contribution in [0.4, 0.5) is 0 Å². The zero-order chi connectivity index (χ0) is 15.2. The van der Waals surface area contributed by atoms with Crippen molar-refractivity contribution in [2.24, 2.45) is 11.7 Å². The van der Waals surface area contributed by atoms with Gasteiger partial charge < -0.3 is 21.5 Å². The van der Waals surface area contributed by atoms with Crippen LogP contribution in [-0.2, 0) is 14.4 Å². The molecule has 0 heterocycles. The van der Waals surface area contributed by atoms with Crippen molar-refractivity contribution in [2.45, 2.75) is 38.9 Å². The summed E-state index contributed by atoms with van der Waals surface area (Å²) in [4.78, 5) is 34.3. The first-order valence-corrected chi connectivity index (χ1v) is 6.54. The third-order valence-electron chi connectivity index (χ3n) is 2.46. The summed E-state index contributed by atoms with van der Waals surface area (Å²) in [6.07, 6.45) is 0. The summed E-state index contributed by atoms with van der Waals surface area (Å²) >= 11 is 3.96. The van der Waals surface area contributed by atoms with Crippen LogP contribution in [0.2, 0.25) is 0 Å². The molecule has 8 heteroatoms. The lowest BCUT2D eigenvalue weighted by Crippen LogP contribution is -2.55. The molecule has 0 fully saturated rings. The Hall–Kier alpha value is -1.28. The van der Waals surface area contributed by atoms with Crippen molar-refractivity contribution < 1.29 is 19.5 Å². The van der Waals surface area contributed by atoms with Gasteiger partial charge in [0.05, 0.1) is 6.04 Å². The van der Waals surface area contributed by atoms with Crippen LogP contribution in [0.3, 0.4) is 0 Å². The van der Waals surface area contributed by atoms with E-state index in [4.69, 9.17) is 10.8 Å². The topological polar surface area (TPSA) is 122 Å². The molecule has 7 nitrogen and oxygen atoms in total. The van der Waals surface area contributed by atoms with E-state index in [0.29, 0.717) is 0 Å². The highest BCUT2D eigenvalue weighted by Crippen LogP contribution is 2.02. The van der Waals surface area contributed by atoms with Crippen molar-refractivity contribution in [2.75, 3.05) is 5.75 Å². The Labute approximate surface area is 117 Å². The summed E-state index contributed by atoms with van der Waals surface area (Å²) in [5, 5.41) is 13.7. The zero-order valence-electron chi connectivity index (χ0n) is 11.2. The lowest BCUT2D eigenvalue weighted by atomic mass is 10.0. The van der Waals surface area contributed by atoms with Crippen LogP contribution in [-0.4, -0.2) is 46.8 Å². The highest BCUT2D eigenvalue weighted by atomic mass is 32.1. The van der Waals surface area contributed by atoms with Crippen LogP contribution in [0.25, 0.3) is 0 Å². The van der Waals surface area contributed by atoms with E-state index < -0.39 is 35.9 Å². The van der Waals surface area contributed by atoms with Gasteiger partial charge in [-0.1, -0.05) is 13.8 Å². The highest BCUT2D eigenvalue weighted by Gasteiger charge is 2.28. The fourth-order valence-electron chi connectivity index (χ4n) is 1.26. The number of aliphatic carboxylic acids is 1. The highest BCUT2D eigenvalue weighted by molar-refractivity contribution is 7.80. The molecule has 2 amide bonds. The Morgan fingerprint density at radius 3 is 2.00 bits per heavy atom. The number of thiol groups is 1. The first-order chi connectivity index (χ1) is 8.70. The molecule has 0 aliphatic rings. The largest absolute Gasteiger partial charge is 0.480 e. The van der Waals surface area contributed by atoms with Crippen LogP contribution in [0, 0.1) is 5.92 Å². The van der Waals surface area contributed by atoms with Gasteiger partial charge in [0.2, 0.25) is 11.8 Å². The third kappa shape index (κ3) is 5.93. The van der Waals surface area contributed by atoms with Crippen LogP contribution < -0.4 is 16.4 Å². The number of hydrogen-bond donors (Lipinski definition) is 5. The molecule has 0 aromatic carbocycles. The molecular formula is C11H21N3O4S. The van der Waals surface area contributed by atoms with E-state index in [1.807, 2.05) is 0 Å². The second kappa shape index (κ2) is 8.00. The fourth-order valence-corrected chi connectivity index (χ4v) is 1.52. The molecule has 3 atom stereocenters. The van der Waals surface area contributed by atoms with E-state index in [1.54, 1.807) is 13.8 Å². The Bertz CT molecular complexity index is 347. The standard InChI is InChI=1S/C11H21N3O4S/c1-5(2)8(11(17)18)14-10(16)7(4-19)13-9(15)6(3)12/h5-8,19H,4,12H2,1-3H3,(H,13,15)(H,14,16)(H,17,18)/t6-,7-,8-/m0/s1. The average molecular weight is 291 g/mol. The summed E-state index contributed by atoms with van der Waals surface area (Å²) in [6.45, 7) is 4.83. The second-order valence-electron chi connectivity index (χ2n) is 4.60. The minimum Gasteiger partial charge on any atom is -0.480 e. The average Bonchev–Trinajstić information content (AvgIpc) is 2.31. The van der Waals surface area contributed by atoms with Crippen molar-refractivity contribution in [3.63, 3.8) is 0 Å². The van der Waals surface area contributed by atoms with E-state index in [1.165, 1.54) is 6.92 Å². The van der Waals surface area contributed by atoms with Crippen molar-refractivity contribution in [3.05, 3.63) is 0 Å². The molecule has 0 bridgehead atoms. The third-order valence-corrected chi connectivity index (χ3v) is 2.82. The van der Waals surface area contributed by atoms with Gasteiger partial charge in [-0.15, -0.1) is 0 Å². The number of nitrogens with one attached hydrogen (secondary N) is 2. The maximum Gasteiger partial charge on any atom is 0.326 e. The van der Waals surface area contributed by atoms with Gasteiger partial charge in [0, 0.05) is 5.75 Å². The van der Waals surface area contributed by atoms with Crippen LogP contribution in [0.5, 0.6) is 0 Å². The molecule has 0 saturated carbocycles. The lowest BCUT2D eigenvalue weighted by molar-refractivity contribution is -0.143. The Morgan fingerprint density at radius 2 is 1.68 bits per heavy atom. The van der Waals surface area contributed by atoms with Gasteiger partial charge in [-0.25, -0.2) is 4.79 Å². The summed E-state index contributed by atoms with van der Waals surface area (Å²) < 4.78 is 0. The van der Waals surface area contributed by atoms with Gasteiger partial charge in [0.25, 0.3) is 0 Å². The molecular weight excluding hydrogens is 270 g/mol. The lowest BCUT2D eigenvalue weighted by Gasteiger charge is -2.22. The van der Waals surface area contributed by atoms with E-state index in [-0.39, 0.29) is 11.7 Å². The number of carboxylic acids is 1. The van der Waals surface area contributed by atoms with Gasteiger partial charge in [-0.05, 0) is 12.8 Å². The van der Waals surface area contributed by atoms with Crippen molar-refractivity contribution >= 4 is 30.4 Å². The quantitative estimate of drug-likeness (QED) is 0.384. The van der Waals surface area contributed by atoms with Gasteiger partial charge in [0.1, 0.15) is 12.1 Å². The maximum atomic E-state index is 11.9. The molecule has 0 rings (SSSR count). The fraction of sp³-hybridized carbons (Fsp3) is 0.727. The number of carboxylic acid groups (broad SMARTS) is 1. The number of nitrogens with two attached hydrogens (primary N) is 1. The Balaban J connectivity index is 4.67. The van der Waals surface area contributed by atoms with E-state index >= 15 is 0 Å². The van der Waals surface area contributed by atoms with Gasteiger partial charge in [-0.2, -0.15) is 12.6 Å². The molecule has 0 spiro atoms. The van der Waals surface area contributed by atoms with E-state index in [9.17, 15) is 14.4 Å². The summed E-state index contributed by atoms with van der Waals surface area (Å²) in [5.41, 5.74) is 5.37. The normalized spacial score (nSPS) is 15.5. The minimum atomic E-state index is -1.13.